The Balaban J connectivity index is 1.54. The molecule has 22 heavy (non-hydrogen) atoms. The molecule has 2 aromatic rings. The third-order valence-electron chi connectivity index (χ3n) is 3.83. The maximum absolute atomic E-state index is 11.9. The van der Waals surface area contributed by atoms with Gasteiger partial charge >= 0.3 is 0 Å². The number of amides is 1. The molecule has 1 unspecified atom stereocenters. The Labute approximate surface area is 134 Å². The highest BCUT2D eigenvalue weighted by atomic mass is 32.1. The van der Waals surface area contributed by atoms with E-state index in [2.05, 4.69) is 34.7 Å². The van der Waals surface area contributed by atoms with Crippen molar-refractivity contribution in [1.29, 1.82) is 0 Å². The van der Waals surface area contributed by atoms with Gasteiger partial charge in [0.05, 0.1) is 5.69 Å². The molecule has 0 spiro atoms. The number of aromatic nitrogens is 1. The standard InChI is InChI=1S/C17H20N2O2S/c1-12-5-2-3-6-14(12)17-19-13(11-22-17)8-9-18-16(20)15-7-4-10-21-15/h2-3,5-6,11,15H,4,7-10H2,1H3,(H,18,20). The van der Waals surface area contributed by atoms with Gasteiger partial charge in [-0.1, -0.05) is 24.3 Å². The van der Waals surface area contributed by atoms with Crippen LogP contribution in [0.1, 0.15) is 24.1 Å². The molecule has 116 valence electrons. The number of hydrogen-bond donors (Lipinski definition) is 1. The van der Waals surface area contributed by atoms with Gasteiger partial charge in [0.25, 0.3) is 0 Å². The first-order valence-electron chi connectivity index (χ1n) is 7.64. The molecule has 3 rings (SSSR count). The van der Waals surface area contributed by atoms with Gasteiger partial charge in [-0.25, -0.2) is 4.98 Å². The third kappa shape index (κ3) is 3.54. The molecule has 1 aliphatic heterocycles. The summed E-state index contributed by atoms with van der Waals surface area (Å²) in [5.41, 5.74) is 3.44. The van der Waals surface area contributed by atoms with E-state index in [-0.39, 0.29) is 12.0 Å². The van der Waals surface area contributed by atoms with E-state index >= 15 is 0 Å². The molecule has 1 atom stereocenters. The monoisotopic (exact) mass is 316 g/mol. The van der Waals surface area contributed by atoms with Crippen LogP contribution in [0.3, 0.4) is 0 Å². The largest absolute Gasteiger partial charge is 0.368 e. The van der Waals surface area contributed by atoms with Crippen molar-refractivity contribution < 1.29 is 9.53 Å². The summed E-state index contributed by atoms with van der Waals surface area (Å²) in [7, 11) is 0. The van der Waals surface area contributed by atoms with Crippen molar-refractivity contribution in [3.8, 4) is 10.6 Å². The lowest BCUT2D eigenvalue weighted by Gasteiger charge is -2.09. The maximum atomic E-state index is 11.9. The van der Waals surface area contributed by atoms with Crippen LogP contribution in [0.25, 0.3) is 10.6 Å². The summed E-state index contributed by atoms with van der Waals surface area (Å²) >= 11 is 1.65. The van der Waals surface area contributed by atoms with Crippen LogP contribution in [0.5, 0.6) is 0 Å². The quantitative estimate of drug-likeness (QED) is 0.922. The van der Waals surface area contributed by atoms with Gasteiger partial charge in [0.1, 0.15) is 11.1 Å². The molecule has 1 amide bonds. The molecule has 0 radical (unpaired) electrons. The number of thiazole rings is 1. The summed E-state index contributed by atoms with van der Waals surface area (Å²) in [6.07, 6.45) is 2.31. The van der Waals surface area contributed by atoms with E-state index in [9.17, 15) is 4.79 Å². The Morgan fingerprint density at radius 3 is 3.09 bits per heavy atom. The van der Waals surface area contributed by atoms with Crippen molar-refractivity contribution in [2.75, 3.05) is 13.2 Å². The highest BCUT2D eigenvalue weighted by Crippen LogP contribution is 2.26. The summed E-state index contributed by atoms with van der Waals surface area (Å²) in [4.78, 5) is 16.5. The number of hydrogen-bond acceptors (Lipinski definition) is 4. The number of carbonyl (C=O) groups excluding carboxylic acids is 1. The van der Waals surface area contributed by atoms with Gasteiger partial charge in [0.2, 0.25) is 5.91 Å². The van der Waals surface area contributed by atoms with E-state index in [0.717, 1.165) is 30.0 Å². The molecule has 1 aromatic carbocycles. The molecule has 0 saturated carbocycles. The van der Waals surface area contributed by atoms with Gasteiger partial charge in [-0.15, -0.1) is 11.3 Å². The molecule has 1 aliphatic rings. The maximum Gasteiger partial charge on any atom is 0.249 e. The molecule has 1 N–H and O–H groups in total. The van der Waals surface area contributed by atoms with Crippen LogP contribution in [0, 0.1) is 6.92 Å². The van der Waals surface area contributed by atoms with Gasteiger partial charge < -0.3 is 10.1 Å². The molecule has 0 bridgehead atoms. The minimum atomic E-state index is -0.252. The first-order valence-corrected chi connectivity index (χ1v) is 8.52. The fourth-order valence-electron chi connectivity index (χ4n) is 2.57. The fourth-order valence-corrected chi connectivity index (χ4v) is 3.51. The Morgan fingerprint density at radius 1 is 1.45 bits per heavy atom. The summed E-state index contributed by atoms with van der Waals surface area (Å²) < 4.78 is 5.37. The molecule has 2 heterocycles. The molecule has 1 aromatic heterocycles. The van der Waals surface area contributed by atoms with Crippen LogP contribution in [-0.2, 0) is 16.0 Å². The van der Waals surface area contributed by atoms with E-state index in [1.165, 1.54) is 11.1 Å². The number of ether oxygens (including phenoxy) is 1. The number of aryl methyl sites for hydroxylation is 1. The molecular formula is C17H20N2O2S. The van der Waals surface area contributed by atoms with Crippen molar-refractivity contribution in [3.63, 3.8) is 0 Å². The third-order valence-corrected chi connectivity index (χ3v) is 4.75. The van der Waals surface area contributed by atoms with Crippen LogP contribution < -0.4 is 5.32 Å². The van der Waals surface area contributed by atoms with Gasteiger partial charge in [-0.05, 0) is 25.3 Å². The lowest BCUT2D eigenvalue weighted by molar-refractivity contribution is -0.129. The summed E-state index contributed by atoms with van der Waals surface area (Å²) in [5.74, 6) is 0.00635. The van der Waals surface area contributed by atoms with E-state index < -0.39 is 0 Å². The molecule has 0 aliphatic carbocycles. The fraction of sp³-hybridized carbons (Fsp3) is 0.412. The Morgan fingerprint density at radius 2 is 2.32 bits per heavy atom. The molecule has 5 heteroatoms. The van der Waals surface area contributed by atoms with E-state index in [1.807, 2.05) is 12.1 Å². The van der Waals surface area contributed by atoms with Crippen LogP contribution in [0.15, 0.2) is 29.6 Å². The van der Waals surface area contributed by atoms with Crippen LogP contribution in [-0.4, -0.2) is 30.1 Å². The zero-order valence-corrected chi connectivity index (χ0v) is 13.5. The molecule has 4 nitrogen and oxygen atoms in total. The minimum absolute atomic E-state index is 0.00635. The second kappa shape index (κ2) is 7.03. The van der Waals surface area contributed by atoms with Crippen molar-refractivity contribution in [3.05, 3.63) is 40.9 Å². The number of benzene rings is 1. The summed E-state index contributed by atoms with van der Waals surface area (Å²) in [5, 5.41) is 6.04. The van der Waals surface area contributed by atoms with Gasteiger partial charge in [0, 0.05) is 30.5 Å². The van der Waals surface area contributed by atoms with Crippen molar-refractivity contribution >= 4 is 17.2 Å². The Hall–Kier alpha value is -1.72. The Kier molecular flexibility index (Phi) is 4.85. The zero-order valence-electron chi connectivity index (χ0n) is 12.7. The van der Waals surface area contributed by atoms with Crippen LogP contribution in [0.4, 0.5) is 0 Å². The SMILES string of the molecule is Cc1ccccc1-c1nc(CCNC(=O)C2CCCO2)cs1. The number of carbonyl (C=O) groups is 1. The lowest BCUT2D eigenvalue weighted by Crippen LogP contribution is -2.35. The second-order valence-electron chi connectivity index (χ2n) is 5.50. The lowest BCUT2D eigenvalue weighted by atomic mass is 10.1. The van der Waals surface area contributed by atoms with Gasteiger partial charge in [-0.2, -0.15) is 0 Å². The highest BCUT2D eigenvalue weighted by molar-refractivity contribution is 7.13. The van der Waals surface area contributed by atoms with E-state index in [4.69, 9.17) is 4.74 Å². The minimum Gasteiger partial charge on any atom is -0.368 e. The Bertz CT molecular complexity index is 648. The smallest absolute Gasteiger partial charge is 0.249 e. The van der Waals surface area contributed by atoms with Crippen molar-refractivity contribution in [1.82, 2.24) is 10.3 Å². The molecular weight excluding hydrogens is 296 g/mol. The molecule has 1 fully saturated rings. The number of nitrogens with one attached hydrogen (secondary N) is 1. The van der Waals surface area contributed by atoms with Crippen molar-refractivity contribution in [2.45, 2.75) is 32.3 Å². The average molecular weight is 316 g/mol. The number of rotatable bonds is 5. The predicted octanol–water partition coefficient (Wildman–Crippen LogP) is 2.96. The van der Waals surface area contributed by atoms with Crippen LogP contribution in [0.2, 0.25) is 0 Å². The summed E-state index contributed by atoms with van der Waals surface area (Å²) in [6, 6.07) is 8.26. The summed E-state index contributed by atoms with van der Waals surface area (Å²) in [6.45, 7) is 3.40. The van der Waals surface area contributed by atoms with E-state index in [0.29, 0.717) is 13.2 Å². The van der Waals surface area contributed by atoms with E-state index in [1.54, 1.807) is 11.3 Å². The first-order chi connectivity index (χ1) is 10.7. The second-order valence-corrected chi connectivity index (χ2v) is 6.36. The van der Waals surface area contributed by atoms with Crippen molar-refractivity contribution in [2.24, 2.45) is 0 Å². The van der Waals surface area contributed by atoms with Gasteiger partial charge in [-0.3, -0.25) is 4.79 Å². The number of nitrogens with zero attached hydrogens (tertiary/aromatic N) is 1. The predicted molar refractivity (Wildman–Crippen MR) is 88.0 cm³/mol. The topological polar surface area (TPSA) is 51.2 Å². The zero-order chi connectivity index (χ0) is 15.4. The average Bonchev–Trinajstić information content (AvgIpc) is 3.19. The first kappa shape index (κ1) is 15.2. The van der Waals surface area contributed by atoms with Gasteiger partial charge in [0.15, 0.2) is 0 Å². The van der Waals surface area contributed by atoms with Crippen LogP contribution >= 0.6 is 11.3 Å². The highest BCUT2D eigenvalue weighted by Gasteiger charge is 2.22. The molecule has 1 saturated heterocycles. The normalized spacial score (nSPS) is 17.6.